The van der Waals surface area contributed by atoms with Crippen LogP contribution in [0.15, 0.2) is 48.5 Å². The van der Waals surface area contributed by atoms with E-state index in [4.69, 9.17) is 34.8 Å². The molecule has 0 saturated heterocycles. The summed E-state index contributed by atoms with van der Waals surface area (Å²) in [7, 11) is 0.949. The lowest BCUT2D eigenvalue weighted by molar-refractivity contribution is 0.0848. The quantitative estimate of drug-likeness (QED) is 0.420. The predicted octanol–water partition coefficient (Wildman–Crippen LogP) is 5.44. The van der Waals surface area contributed by atoms with Gasteiger partial charge in [0.25, 0.3) is 5.91 Å². The third kappa shape index (κ3) is 4.52. The van der Waals surface area contributed by atoms with Crippen LogP contribution in [0.4, 0.5) is 5.69 Å². The number of hydrogen-bond donors (Lipinski definition) is 0. The minimum absolute atomic E-state index is 0.0268. The average molecular weight is 445 g/mol. The van der Waals surface area contributed by atoms with Crippen molar-refractivity contribution in [3.8, 4) is 0 Å². The standard InChI is InChI=1S/C19H21Cl3N3OP/c1-23-18-5-3-2-4-17(18)19(26)25(14-15-6-8-16(22)9-7-15)27(23)24(12-10-20)13-11-21/h2-9H,10-14H2,1H3. The second-order valence-corrected chi connectivity index (χ2v) is 9.51. The normalized spacial score (nSPS) is 16.8. The Morgan fingerprint density at radius 1 is 1.00 bits per heavy atom. The Labute approximate surface area is 176 Å². The summed E-state index contributed by atoms with van der Waals surface area (Å²) in [5, 5.41) is 0.680. The molecule has 1 heterocycles. The molecule has 8 heteroatoms. The first-order valence-electron chi connectivity index (χ1n) is 8.62. The van der Waals surface area contributed by atoms with Crippen molar-refractivity contribution in [2.45, 2.75) is 6.54 Å². The first kappa shape index (κ1) is 20.7. The van der Waals surface area contributed by atoms with Gasteiger partial charge >= 0.3 is 0 Å². The third-order valence-electron chi connectivity index (χ3n) is 4.39. The SMILES string of the molecule is CN1c2ccccc2C(=O)N(Cc2ccc(Cl)cc2)P1N(CCCl)CCCl. The van der Waals surface area contributed by atoms with Gasteiger partial charge in [0.15, 0.2) is 8.37 Å². The number of carbonyl (C=O) groups is 1. The highest BCUT2D eigenvalue weighted by atomic mass is 35.5. The Kier molecular flexibility index (Phi) is 7.24. The first-order chi connectivity index (χ1) is 13.1. The van der Waals surface area contributed by atoms with Gasteiger partial charge in [0.2, 0.25) is 0 Å². The fourth-order valence-corrected chi connectivity index (χ4v) is 6.40. The van der Waals surface area contributed by atoms with Gasteiger partial charge in [-0.25, -0.2) is 4.67 Å². The Morgan fingerprint density at radius 3 is 2.26 bits per heavy atom. The highest BCUT2D eigenvalue weighted by molar-refractivity contribution is 7.55. The fourth-order valence-electron chi connectivity index (χ4n) is 3.14. The number of anilines is 1. The number of amides is 1. The smallest absolute Gasteiger partial charge is 0.261 e. The Hall–Kier alpha value is -1.03. The molecule has 2 aromatic carbocycles. The first-order valence-corrected chi connectivity index (χ1v) is 11.3. The van der Waals surface area contributed by atoms with Crippen LogP contribution in [0.5, 0.6) is 0 Å². The van der Waals surface area contributed by atoms with Crippen molar-refractivity contribution < 1.29 is 4.79 Å². The lowest BCUT2D eigenvalue weighted by atomic mass is 10.1. The second-order valence-electron chi connectivity index (χ2n) is 6.13. The molecule has 3 rings (SSSR count). The Morgan fingerprint density at radius 2 is 1.63 bits per heavy atom. The Balaban J connectivity index is 2.01. The van der Waals surface area contributed by atoms with Crippen molar-refractivity contribution in [1.82, 2.24) is 9.34 Å². The number of alkyl halides is 2. The molecule has 0 spiro atoms. The minimum atomic E-state index is -1.08. The van der Waals surface area contributed by atoms with Crippen LogP contribution >= 0.6 is 43.2 Å². The summed E-state index contributed by atoms with van der Waals surface area (Å²) >= 11 is 18.1. The maximum Gasteiger partial charge on any atom is 0.261 e. The van der Waals surface area contributed by atoms with Crippen molar-refractivity contribution in [2.75, 3.05) is 36.6 Å². The molecule has 1 aliphatic heterocycles. The van der Waals surface area contributed by atoms with Crippen molar-refractivity contribution in [2.24, 2.45) is 0 Å². The van der Waals surface area contributed by atoms with E-state index in [1.54, 1.807) is 0 Å². The van der Waals surface area contributed by atoms with Gasteiger partial charge in [0.1, 0.15) is 0 Å². The minimum Gasteiger partial charge on any atom is -0.324 e. The summed E-state index contributed by atoms with van der Waals surface area (Å²) in [6.45, 7) is 1.83. The maximum absolute atomic E-state index is 13.4. The molecule has 1 atom stereocenters. The van der Waals surface area contributed by atoms with E-state index < -0.39 is 8.37 Å². The van der Waals surface area contributed by atoms with E-state index in [1.165, 1.54) is 0 Å². The molecule has 1 aliphatic rings. The number of para-hydroxylation sites is 1. The van der Waals surface area contributed by atoms with E-state index in [1.807, 2.05) is 60.2 Å². The van der Waals surface area contributed by atoms with E-state index in [0.717, 1.165) is 11.3 Å². The third-order valence-corrected chi connectivity index (χ3v) is 7.39. The number of hydrogen-bond acceptors (Lipinski definition) is 3. The molecule has 144 valence electrons. The molecular weight excluding hydrogens is 424 g/mol. The van der Waals surface area contributed by atoms with E-state index >= 15 is 0 Å². The second kappa shape index (κ2) is 9.45. The number of rotatable bonds is 7. The summed E-state index contributed by atoms with van der Waals surface area (Å²) in [5.74, 6) is 0.987. The van der Waals surface area contributed by atoms with Crippen LogP contribution in [-0.4, -0.2) is 47.1 Å². The molecular formula is C19H21Cl3N3OP. The molecule has 0 aliphatic carbocycles. The summed E-state index contributed by atoms with van der Waals surface area (Å²) in [4.78, 5) is 13.4. The van der Waals surface area contributed by atoms with Crippen molar-refractivity contribution in [1.29, 1.82) is 0 Å². The summed E-state index contributed by atoms with van der Waals surface area (Å²) in [6.07, 6.45) is 0. The van der Waals surface area contributed by atoms with Crippen LogP contribution in [0, 0.1) is 0 Å². The van der Waals surface area contributed by atoms with Crippen molar-refractivity contribution >= 4 is 54.8 Å². The van der Waals surface area contributed by atoms with Gasteiger partial charge in [0.05, 0.1) is 17.8 Å². The van der Waals surface area contributed by atoms with Crippen LogP contribution in [0.2, 0.25) is 5.02 Å². The molecule has 27 heavy (non-hydrogen) atoms. The average Bonchev–Trinajstić information content (AvgIpc) is 2.68. The lowest BCUT2D eigenvalue weighted by Gasteiger charge is -2.47. The monoisotopic (exact) mass is 443 g/mol. The summed E-state index contributed by atoms with van der Waals surface area (Å²) in [6, 6.07) is 15.3. The van der Waals surface area contributed by atoms with E-state index in [9.17, 15) is 4.79 Å². The molecule has 4 nitrogen and oxygen atoms in total. The van der Waals surface area contributed by atoms with Gasteiger partial charge in [-0.2, -0.15) is 0 Å². The Bertz CT molecular complexity index is 784. The van der Waals surface area contributed by atoms with Crippen molar-refractivity contribution in [3.63, 3.8) is 0 Å². The zero-order valence-electron chi connectivity index (χ0n) is 15.0. The van der Waals surface area contributed by atoms with Gasteiger partial charge in [-0.05, 0) is 29.8 Å². The van der Waals surface area contributed by atoms with Gasteiger partial charge in [0, 0.05) is 36.9 Å². The maximum atomic E-state index is 13.4. The van der Waals surface area contributed by atoms with Gasteiger partial charge in [-0.3, -0.25) is 9.46 Å². The van der Waals surface area contributed by atoms with E-state index in [0.29, 0.717) is 42.0 Å². The number of fused-ring (bicyclic) bond motifs is 1. The van der Waals surface area contributed by atoms with Crippen molar-refractivity contribution in [3.05, 3.63) is 64.7 Å². The van der Waals surface area contributed by atoms with Crippen LogP contribution in [0.1, 0.15) is 15.9 Å². The summed E-state index contributed by atoms with van der Waals surface area (Å²) < 4.78 is 6.32. The molecule has 1 unspecified atom stereocenters. The largest absolute Gasteiger partial charge is 0.324 e. The van der Waals surface area contributed by atoms with Gasteiger partial charge < -0.3 is 4.67 Å². The molecule has 0 fully saturated rings. The highest BCUT2D eigenvalue weighted by Crippen LogP contribution is 2.54. The zero-order valence-corrected chi connectivity index (χ0v) is 18.1. The number of nitrogens with zero attached hydrogens (tertiary/aromatic N) is 3. The molecule has 0 aromatic heterocycles. The fraction of sp³-hybridized carbons (Fsp3) is 0.316. The molecule has 0 N–H and O–H groups in total. The highest BCUT2D eigenvalue weighted by Gasteiger charge is 2.39. The molecule has 2 aromatic rings. The molecule has 0 bridgehead atoms. The molecule has 0 radical (unpaired) electrons. The van der Waals surface area contributed by atoms with Crippen LogP contribution in [0.3, 0.4) is 0 Å². The summed E-state index contributed by atoms with van der Waals surface area (Å²) in [5.41, 5.74) is 2.68. The zero-order chi connectivity index (χ0) is 19.4. The number of carbonyl (C=O) groups excluding carboxylic acids is 1. The number of halogens is 3. The van der Waals surface area contributed by atoms with E-state index in [2.05, 4.69) is 9.34 Å². The van der Waals surface area contributed by atoms with Crippen LogP contribution in [-0.2, 0) is 6.54 Å². The lowest BCUT2D eigenvalue weighted by Crippen LogP contribution is -2.44. The van der Waals surface area contributed by atoms with Crippen LogP contribution < -0.4 is 4.67 Å². The predicted molar refractivity (Wildman–Crippen MR) is 116 cm³/mol. The van der Waals surface area contributed by atoms with Gasteiger partial charge in [-0.1, -0.05) is 35.9 Å². The topological polar surface area (TPSA) is 26.8 Å². The van der Waals surface area contributed by atoms with Gasteiger partial charge in [-0.15, -0.1) is 23.2 Å². The number of benzene rings is 2. The van der Waals surface area contributed by atoms with E-state index in [-0.39, 0.29) is 5.91 Å². The molecule has 1 amide bonds. The van der Waals surface area contributed by atoms with Crippen LogP contribution in [0.25, 0.3) is 0 Å². The molecule has 0 saturated carbocycles.